The molecule has 21 heavy (non-hydrogen) atoms. The molecule has 1 heterocycles. The summed E-state index contributed by atoms with van der Waals surface area (Å²) in [4.78, 5) is 5.82. The van der Waals surface area contributed by atoms with E-state index in [0.717, 1.165) is 12.2 Å². The Hall–Kier alpha value is -1.28. The topological polar surface area (TPSA) is 12.9 Å². The SMILES string of the molecule is Cc1cc(C(C)(C)C)cc(C)c1SCCc1ccccn1. The molecule has 0 saturated carbocycles. The molecule has 1 aromatic carbocycles. The largest absolute Gasteiger partial charge is 0.261 e. The van der Waals surface area contributed by atoms with E-state index in [1.807, 2.05) is 24.0 Å². The summed E-state index contributed by atoms with van der Waals surface area (Å²) in [7, 11) is 0. The molecule has 1 nitrogen and oxygen atoms in total. The fraction of sp³-hybridized carbons (Fsp3) is 0.421. The minimum atomic E-state index is 0.215. The number of hydrogen-bond donors (Lipinski definition) is 0. The maximum Gasteiger partial charge on any atom is 0.0411 e. The minimum absolute atomic E-state index is 0.215. The molecule has 0 N–H and O–H groups in total. The van der Waals surface area contributed by atoms with Crippen LogP contribution in [-0.2, 0) is 11.8 Å². The van der Waals surface area contributed by atoms with E-state index in [0.29, 0.717) is 0 Å². The van der Waals surface area contributed by atoms with Gasteiger partial charge in [-0.2, -0.15) is 0 Å². The first kappa shape index (κ1) is 16.1. The average molecular weight is 299 g/mol. The van der Waals surface area contributed by atoms with Gasteiger partial charge in [0.05, 0.1) is 0 Å². The highest BCUT2D eigenvalue weighted by atomic mass is 32.2. The fourth-order valence-electron chi connectivity index (χ4n) is 2.41. The highest BCUT2D eigenvalue weighted by molar-refractivity contribution is 7.99. The van der Waals surface area contributed by atoms with Crippen LogP contribution in [0.1, 0.15) is 43.2 Å². The van der Waals surface area contributed by atoms with Crippen molar-refractivity contribution >= 4 is 11.8 Å². The fourth-order valence-corrected chi connectivity index (χ4v) is 3.50. The maximum atomic E-state index is 4.39. The number of aromatic nitrogens is 1. The van der Waals surface area contributed by atoms with E-state index in [-0.39, 0.29) is 5.41 Å². The lowest BCUT2D eigenvalue weighted by Gasteiger charge is -2.22. The van der Waals surface area contributed by atoms with Gasteiger partial charge in [0.2, 0.25) is 0 Å². The molecule has 0 bridgehead atoms. The lowest BCUT2D eigenvalue weighted by atomic mass is 9.85. The Balaban J connectivity index is 2.07. The van der Waals surface area contributed by atoms with E-state index in [9.17, 15) is 0 Å². The minimum Gasteiger partial charge on any atom is -0.261 e. The molecule has 2 rings (SSSR count). The molecule has 2 aromatic rings. The van der Waals surface area contributed by atoms with E-state index in [1.54, 1.807) is 0 Å². The highest BCUT2D eigenvalue weighted by Gasteiger charge is 2.16. The monoisotopic (exact) mass is 299 g/mol. The van der Waals surface area contributed by atoms with Crippen LogP contribution >= 0.6 is 11.8 Å². The zero-order valence-corrected chi connectivity index (χ0v) is 14.6. The predicted molar refractivity (Wildman–Crippen MR) is 93.3 cm³/mol. The van der Waals surface area contributed by atoms with Crippen LogP contribution < -0.4 is 0 Å². The summed E-state index contributed by atoms with van der Waals surface area (Å²) >= 11 is 1.95. The third kappa shape index (κ3) is 4.34. The third-order valence-corrected chi connectivity index (χ3v) is 5.00. The van der Waals surface area contributed by atoms with E-state index in [2.05, 4.69) is 63.9 Å². The number of hydrogen-bond acceptors (Lipinski definition) is 2. The smallest absolute Gasteiger partial charge is 0.0411 e. The van der Waals surface area contributed by atoms with Crippen LogP contribution in [0.15, 0.2) is 41.4 Å². The van der Waals surface area contributed by atoms with Gasteiger partial charge in [-0.05, 0) is 54.5 Å². The number of nitrogens with zero attached hydrogens (tertiary/aromatic N) is 1. The zero-order valence-electron chi connectivity index (χ0n) is 13.7. The summed E-state index contributed by atoms with van der Waals surface area (Å²) in [5.41, 5.74) is 5.60. The van der Waals surface area contributed by atoms with Crippen molar-refractivity contribution in [3.8, 4) is 0 Å². The average Bonchev–Trinajstić information content (AvgIpc) is 2.42. The molecule has 0 unspecified atom stereocenters. The lowest BCUT2D eigenvalue weighted by Crippen LogP contribution is -2.12. The van der Waals surface area contributed by atoms with Crippen molar-refractivity contribution in [3.05, 3.63) is 58.9 Å². The van der Waals surface area contributed by atoms with Gasteiger partial charge in [0.1, 0.15) is 0 Å². The molecule has 112 valence electrons. The molecule has 0 aliphatic carbocycles. The Morgan fingerprint density at radius 1 is 1.05 bits per heavy atom. The van der Waals surface area contributed by atoms with Gasteiger partial charge in [-0.3, -0.25) is 4.98 Å². The highest BCUT2D eigenvalue weighted by Crippen LogP contribution is 2.32. The van der Waals surface area contributed by atoms with E-state index < -0.39 is 0 Å². The summed E-state index contributed by atoms with van der Waals surface area (Å²) in [6.45, 7) is 11.3. The van der Waals surface area contributed by atoms with Crippen LogP contribution in [0, 0.1) is 13.8 Å². The predicted octanol–water partition coefficient (Wildman–Crippen LogP) is 5.33. The standard InChI is InChI=1S/C19H25NS/c1-14-12-16(19(3,4)5)13-15(2)18(14)21-11-9-17-8-6-7-10-20-17/h6-8,10,12-13H,9,11H2,1-5H3. The second-order valence-corrected chi connectivity index (χ2v) is 7.71. The van der Waals surface area contributed by atoms with Crippen LogP contribution in [0.25, 0.3) is 0 Å². The Morgan fingerprint density at radius 2 is 1.71 bits per heavy atom. The number of rotatable bonds is 4. The summed E-state index contributed by atoms with van der Waals surface area (Å²) < 4.78 is 0. The summed E-state index contributed by atoms with van der Waals surface area (Å²) in [6, 6.07) is 10.8. The number of benzene rings is 1. The first-order chi connectivity index (χ1) is 9.88. The van der Waals surface area contributed by atoms with E-state index in [4.69, 9.17) is 0 Å². The van der Waals surface area contributed by atoms with Crippen molar-refractivity contribution in [3.63, 3.8) is 0 Å². The Morgan fingerprint density at radius 3 is 2.24 bits per heavy atom. The molecule has 1 aromatic heterocycles. The molecule has 2 heteroatoms. The number of pyridine rings is 1. The lowest BCUT2D eigenvalue weighted by molar-refractivity contribution is 0.588. The molecular weight excluding hydrogens is 274 g/mol. The summed E-state index contributed by atoms with van der Waals surface area (Å²) in [5.74, 6) is 1.08. The summed E-state index contributed by atoms with van der Waals surface area (Å²) in [6.07, 6.45) is 2.89. The van der Waals surface area contributed by atoms with Crippen molar-refractivity contribution in [2.24, 2.45) is 0 Å². The molecule has 0 spiro atoms. The van der Waals surface area contributed by atoms with Crippen molar-refractivity contribution in [1.82, 2.24) is 4.98 Å². The van der Waals surface area contributed by atoms with Crippen LogP contribution in [0.4, 0.5) is 0 Å². The quantitative estimate of drug-likeness (QED) is 0.708. The molecule has 0 fully saturated rings. The maximum absolute atomic E-state index is 4.39. The molecule has 0 aliphatic heterocycles. The van der Waals surface area contributed by atoms with Crippen molar-refractivity contribution < 1.29 is 0 Å². The van der Waals surface area contributed by atoms with Gasteiger partial charge in [-0.15, -0.1) is 11.8 Å². The Labute approximate surface area is 133 Å². The van der Waals surface area contributed by atoms with Gasteiger partial charge in [-0.25, -0.2) is 0 Å². The molecule has 0 atom stereocenters. The third-order valence-electron chi connectivity index (χ3n) is 3.66. The van der Waals surface area contributed by atoms with Gasteiger partial charge in [-0.1, -0.05) is 39.0 Å². The number of thioether (sulfide) groups is 1. The second kappa shape index (κ2) is 6.65. The van der Waals surface area contributed by atoms with Crippen LogP contribution in [0.5, 0.6) is 0 Å². The molecule has 0 saturated heterocycles. The van der Waals surface area contributed by atoms with E-state index in [1.165, 1.54) is 27.3 Å². The van der Waals surface area contributed by atoms with Crippen molar-refractivity contribution in [2.75, 3.05) is 5.75 Å². The van der Waals surface area contributed by atoms with Crippen molar-refractivity contribution in [1.29, 1.82) is 0 Å². The molecule has 0 amide bonds. The van der Waals surface area contributed by atoms with E-state index >= 15 is 0 Å². The van der Waals surface area contributed by atoms with Gasteiger partial charge in [0, 0.05) is 22.5 Å². The van der Waals surface area contributed by atoms with Crippen LogP contribution in [0.2, 0.25) is 0 Å². The first-order valence-electron chi connectivity index (χ1n) is 7.52. The van der Waals surface area contributed by atoms with Gasteiger partial charge in [0.15, 0.2) is 0 Å². The molecular formula is C19H25NS. The van der Waals surface area contributed by atoms with Crippen LogP contribution in [-0.4, -0.2) is 10.7 Å². The molecule has 0 radical (unpaired) electrons. The van der Waals surface area contributed by atoms with Gasteiger partial charge >= 0.3 is 0 Å². The second-order valence-electron chi connectivity index (χ2n) is 6.61. The summed E-state index contributed by atoms with van der Waals surface area (Å²) in [5, 5.41) is 0. The van der Waals surface area contributed by atoms with Gasteiger partial charge in [0.25, 0.3) is 0 Å². The number of aryl methyl sites for hydroxylation is 3. The van der Waals surface area contributed by atoms with Crippen molar-refractivity contribution in [2.45, 2.75) is 51.3 Å². The normalized spacial score (nSPS) is 11.7. The zero-order chi connectivity index (χ0) is 15.5. The van der Waals surface area contributed by atoms with Gasteiger partial charge < -0.3 is 0 Å². The van der Waals surface area contributed by atoms with Crippen LogP contribution in [0.3, 0.4) is 0 Å². The first-order valence-corrected chi connectivity index (χ1v) is 8.51. The Kier molecular flexibility index (Phi) is 5.10. The molecule has 0 aliphatic rings. The Bertz CT molecular complexity index is 574.